The summed E-state index contributed by atoms with van der Waals surface area (Å²) in [6, 6.07) is 0. The molecule has 2 aliphatic carbocycles. The number of hydrogen-bond donors (Lipinski definition) is 1. The van der Waals surface area contributed by atoms with E-state index in [-0.39, 0.29) is 16.7 Å². The molecule has 1 N–H and O–H groups in total. The van der Waals surface area contributed by atoms with Crippen LogP contribution < -0.4 is 0 Å². The highest BCUT2D eigenvalue weighted by Crippen LogP contribution is 2.67. The van der Waals surface area contributed by atoms with Crippen LogP contribution in [0.5, 0.6) is 0 Å². The molecule has 0 aromatic carbocycles. The maximum Gasteiger partial charge on any atom is 0.338 e. The zero-order valence-electron chi connectivity index (χ0n) is 9.59. The molecule has 0 saturated heterocycles. The number of rotatable bonds is 2. The van der Waals surface area contributed by atoms with E-state index in [0.29, 0.717) is 5.92 Å². The van der Waals surface area contributed by atoms with Crippen LogP contribution in [0.15, 0.2) is 0 Å². The molecule has 0 amide bonds. The van der Waals surface area contributed by atoms with Gasteiger partial charge in [0.1, 0.15) is 0 Å². The number of carboxylic acids is 1. The lowest BCUT2D eigenvalue weighted by molar-refractivity contribution is -0.150. The summed E-state index contributed by atoms with van der Waals surface area (Å²) >= 11 is 0. The molecule has 2 aliphatic rings. The zero-order valence-corrected chi connectivity index (χ0v) is 9.59. The van der Waals surface area contributed by atoms with E-state index in [1.165, 1.54) is 0 Å². The van der Waals surface area contributed by atoms with Crippen LogP contribution in [-0.2, 0) is 4.79 Å². The minimum atomic E-state index is -1.70. The molecule has 86 valence electrons. The summed E-state index contributed by atoms with van der Waals surface area (Å²) in [5.41, 5.74) is -0.253. The second-order valence-electron chi connectivity index (χ2n) is 6.13. The molecule has 15 heavy (non-hydrogen) atoms. The zero-order chi connectivity index (χ0) is 11.4. The Morgan fingerprint density at radius 2 is 2.07 bits per heavy atom. The molecular formula is C12H19FO2. The fourth-order valence-corrected chi connectivity index (χ4v) is 4.21. The van der Waals surface area contributed by atoms with Crippen LogP contribution >= 0.6 is 0 Å². The Morgan fingerprint density at radius 1 is 1.47 bits per heavy atom. The highest BCUT2D eigenvalue weighted by Gasteiger charge is 2.62. The number of carbonyl (C=O) groups is 1. The summed E-state index contributed by atoms with van der Waals surface area (Å²) in [4.78, 5) is 10.8. The van der Waals surface area contributed by atoms with Gasteiger partial charge >= 0.3 is 5.97 Å². The minimum absolute atomic E-state index is 0.0913. The SMILES string of the molecule is CC12CCC(C1)C(C)(C)C2C(F)C(=O)O. The standard InChI is InChI=1S/C12H19FO2/c1-11(2)7-4-5-12(3,6-7)9(11)8(13)10(14)15/h7-9H,4-6H2,1-3H3,(H,14,15). The number of halogens is 1. The van der Waals surface area contributed by atoms with Crippen LogP contribution in [0.3, 0.4) is 0 Å². The molecule has 4 atom stereocenters. The van der Waals surface area contributed by atoms with Gasteiger partial charge in [0.15, 0.2) is 0 Å². The molecule has 2 saturated carbocycles. The predicted octanol–water partition coefficient (Wildman–Crippen LogP) is 2.87. The average molecular weight is 214 g/mol. The van der Waals surface area contributed by atoms with E-state index in [9.17, 15) is 9.18 Å². The van der Waals surface area contributed by atoms with Crippen molar-refractivity contribution in [2.75, 3.05) is 0 Å². The molecular weight excluding hydrogens is 195 g/mol. The number of carboxylic acid groups (broad SMARTS) is 1. The lowest BCUT2D eigenvalue weighted by atomic mass is 9.62. The van der Waals surface area contributed by atoms with Gasteiger partial charge in [0.25, 0.3) is 0 Å². The van der Waals surface area contributed by atoms with E-state index in [1.807, 2.05) is 13.8 Å². The van der Waals surface area contributed by atoms with Crippen LogP contribution in [0.25, 0.3) is 0 Å². The van der Waals surface area contributed by atoms with E-state index < -0.39 is 12.1 Å². The molecule has 2 bridgehead atoms. The monoisotopic (exact) mass is 214 g/mol. The normalized spacial score (nSPS) is 44.3. The second-order valence-corrected chi connectivity index (χ2v) is 6.13. The molecule has 4 unspecified atom stereocenters. The van der Waals surface area contributed by atoms with Crippen molar-refractivity contribution in [3.63, 3.8) is 0 Å². The van der Waals surface area contributed by atoms with Gasteiger partial charge in [-0.25, -0.2) is 9.18 Å². The Hall–Kier alpha value is -0.600. The van der Waals surface area contributed by atoms with Crippen LogP contribution in [0, 0.1) is 22.7 Å². The first-order valence-electron chi connectivity index (χ1n) is 5.66. The van der Waals surface area contributed by atoms with Crippen molar-refractivity contribution >= 4 is 5.97 Å². The fraction of sp³-hybridized carbons (Fsp3) is 0.917. The maximum absolute atomic E-state index is 13.8. The topological polar surface area (TPSA) is 37.3 Å². The number of alkyl halides is 1. The third kappa shape index (κ3) is 1.31. The lowest BCUT2D eigenvalue weighted by Gasteiger charge is -2.43. The van der Waals surface area contributed by atoms with Crippen molar-refractivity contribution in [3.8, 4) is 0 Å². The van der Waals surface area contributed by atoms with E-state index in [1.54, 1.807) is 0 Å². The highest BCUT2D eigenvalue weighted by molar-refractivity contribution is 5.73. The van der Waals surface area contributed by atoms with Gasteiger partial charge in [-0.3, -0.25) is 0 Å². The summed E-state index contributed by atoms with van der Waals surface area (Å²) in [5, 5.41) is 8.84. The summed E-state index contributed by atoms with van der Waals surface area (Å²) in [6.45, 7) is 6.12. The molecule has 0 aliphatic heterocycles. The van der Waals surface area contributed by atoms with Crippen LogP contribution in [-0.4, -0.2) is 17.2 Å². The summed E-state index contributed by atoms with van der Waals surface area (Å²) in [6.07, 6.45) is 1.42. The smallest absolute Gasteiger partial charge is 0.338 e. The molecule has 2 rings (SSSR count). The molecule has 2 nitrogen and oxygen atoms in total. The summed E-state index contributed by atoms with van der Waals surface area (Å²) in [7, 11) is 0. The highest BCUT2D eigenvalue weighted by atomic mass is 19.1. The molecule has 2 fully saturated rings. The van der Waals surface area contributed by atoms with Gasteiger partial charge in [0.2, 0.25) is 6.17 Å². The minimum Gasteiger partial charge on any atom is -0.479 e. The van der Waals surface area contributed by atoms with Gasteiger partial charge < -0.3 is 5.11 Å². The van der Waals surface area contributed by atoms with Crippen molar-refractivity contribution < 1.29 is 14.3 Å². The first kappa shape index (κ1) is 10.9. The van der Waals surface area contributed by atoms with Crippen LogP contribution in [0.2, 0.25) is 0 Å². The quantitative estimate of drug-likeness (QED) is 0.767. The molecule has 0 aromatic heterocycles. The predicted molar refractivity (Wildman–Crippen MR) is 55.3 cm³/mol. The molecule has 0 radical (unpaired) electrons. The fourth-order valence-electron chi connectivity index (χ4n) is 4.21. The number of aliphatic carboxylic acids is 1. The second kappa shape index (κ2) is 2.96. The van der Waals surface area contributed by atoms with Gasteiger partial charge in [0.05, 0.1) is 0 Å². The van der Waals surface area contributed by atoms with E-state index in [2.05, 4.69) is 6.92 Å². The number of fused-ring (bicyclic) bond motifs is 2. The van der Waals surface area contributed by atoms with Crippen molar-refractivity contribution in [1.29, 1.82) is 0 Å². The van der Waals surface area contributed by atoms with Gasteiger partial charge in [-0.2, -0.15) is 0 Å². The Bertz CT molecular complexity index is 295. The first-order chi connectivity index (χ1) is 6.79. The van der Waals surface area contributed by atoms with Gasteiger partial charge in [-0.05, 0) is 36.0 Å². The molecule has 0 heterocycles. The van der Waals surface area contributed by atoms with Crippen molar-refractivity contribution in [3.05, 3.63) is 0 Å². The van der Waals surface area contributed by atoms with Gasteiger partial charge in [-0.1, -0.05) is 20.8 Å². The maximum atomic E-state index is 13.8. The first-order valence-corrected chi connectivity index (χ1v) is 5.66. The largest absolute Gasteiger partial charge is 0.479 e. The molecule has 0 aromatic rings. The third-order valence-corrected chi connectivity index (χ3v) is 4.91. The van der Waals surface area contributed by atoms with Gasteiger partial charge in [-0.15, -0.1) is 0 Å². The Morgan fingerprint density at radius 3 is 2.47 bits per heavy atom. The van der Waals surface area contributed by atoms with Crippen molar-refractivity contribution in [1.82, 2.24) is 0 Å². The molecule has 0 spiro atoms. The van der Waals surface area contributed by atoms with Crippen molar-refractivity contribution in [2.24, 2.45) is 22.7 Å². The van der Waals surface area contributed by atoms with E-state index >= 15 is 0 Å². The van der Waals surface area contributed by atoms with E-state index in [4.69, 9.17) is 5.11 Å². The average Bonchev–Trinajstić information content (AvgIpc) is 2.54. The van der Waals surface area contributed by atoms with Gasteiger partial charge in [0, 0.05) is 5.92 Å². The van der Waals surface area contributed by atoms with Crippen LogP contribution in [0.1, 0.15) is 40.0 Å². The Labute approximate surface area is 89.9 Å². The summed E-state index contributed by atoms with van der Waals surface area (Å²) < 4.78 is 13.8. The number of hydrogen-bond acceptors (Lipinski definition) is 1. The Balaban J connectivity index is 2.34. The van der Waals surface area contributed by atoms with Crippen LogP contribution in [0.4, 0.5) is 4.39 Å². The molecule has 3 heteroatoms. The van der Waals surface area contributed by atoms with Crippen molar-refractivity contribution in [2.45, 2.75) is 46.2 Å². The van der Waals surface area contributed by atoms with E-state index in [0.717, 1.165) is 19.3 Å². The third-order valence-electron chi connectivity index (χ3n) is 4.91. The Kier molecular flexibility index (Phi) is 2.15. The lowest BCUT2D eigenvalue weighted by Crippen LogP contribution is -2.44. The summed E-state index contributed by atoms with van der Waals surface area (Å²) in [5.74, 6) is -1.10.